The highest BCUT2D eigenvalue weighted by atomic mass is 28.3. The Labute approximate surface area is 112 Å². The third-order valence-electron chi connectivity index (χ3n) is 3.61. The zero-order valence-corrected chi connectivity index (χ0v) is 13.4. The second-order valence-corrected chi connectivity index (χ2v) is 5.73. The van der Waals surface area contributed by atoms with Gasteiger partial charge in [0.05, 0.1) is 0 Å². The minimum Gasteiger partial charge on any atom is -0.326 e. The molecule has 108 valence electrons. The van der Waals surface area contributed by atoms with E-state index >= 15 is 0 Å². The molecule has 0 saturated heterocycles. The summed E-state index contributed by atoms with van der Waals surface area (Å²) < 4.78 is 21.0. The van der Waals surface area contributed by atoms with Crippen molar-refractivity contribution in [3.05, 3.63) is 0 Å². The summed E-state index contributed by atoms with van der Waals surface area (Å²) in [7, 11) is -2.79. The first kappa shape index (κ1) is 17.5. The molecule has 0 spiro atoms. The van der Waals surface area contributed by atoms with E-state index in [-0.39, 0.29) is 0 Å². The summed E-state index contributed by atoms with van der Waals surface area (Å²) in [6.45, 7) is 11.7. The van der Waals surface area contributed by atoms with E-state index in [1.165, 1.54) is 0 Å². The van der Waals surface area contributed by atoms with Crippen LogP contribution in [0.4, 0.5) is 0 Å². The fourth-order valence-electron chi connectivity index (χ4n) is 1.02. The van der Waals surface area contributed by atoms with Crippen molar-refractivity contribution >= 4 is 9.17 Å². The fraction of sp³-hybridized carbons (Fsp3) is 1.00. The van der Waals surface area contributed by atoms with Gasteiger partial charge in [-0.05, 0) is 39.5 Å². The van der Waals surface area contributed by atoms with Gasteiger partial charge in [0.1, 0.15) is 11.2 Å². The summed E-state index contributed by atoms with van der Waals surface area (Å²) >= 11 is 0. The predicted octanol–water partition coefficient (Wildman–Crippen LogP) is 3.46. The highest BCUT2D eigenvalue weighted by Crippen LogP contribution is 2.21. The van der Waals surface area contributed by atoms with Crippen molar-refractivity contribution < 1.29 is 23.4 Å². The van der Waals surface area contributed by atoms with Gasteiger partial charge in [0.2, 0.25) is 0 Å². The van der Waals surface area contributed by atoms with Crippen molar-refractivity contribution in [1.29, 1.82) is 0 Å². The number of rotatable bonds is 10. The molecule has 0 aliphatic heterocycles. The predicted molar refractivity (Wildman–Crippen MR) is 68.8 cm³/mol. The van der Waals surface area contributed by atoms with E-state index in [2.05, 4.69) is 0 Å². The normalized spacial score (nSPS) is 12.3. The fourth-order valence-corrected chi connectivity index (χ4v) is 1.59. The minimum absolute atomic E-state index is 0.442. The van der Waals surface area contributed by atoms with Gasteiger partial charge in [-0.1, -0.05) is 27.7 Å². The van der Waals surface area contributed by atoms with E-state index in [0.29, 0.717) is 0 Å². The van der Waals surface area contributed by atoms with Gasteiger partial charge in [-0.25, -0.2) is 0 Å². The van der Waals surface area contributed by atoms with Crippen LogP contribution < -0.4 is 0 Å². The molecule has 0 aliphatic carbocycles. The van der Waals surface area contributed by atoms with Crippen molar-refractivity contribution in [2.45, 2.75) is 78.4 Å². The Hall–Kier alpha value is -0.463. The van der Waals surface area contributed by atoms with Crippen molar-refractivity contribution in [3.8, 4) is 0 Å². The van der Waals surface area contributed by atoms with Crippen LogP contribution in [-0.2, 0) is 23.4 Å². The zero-order chi connectivity index (χ0) is 14.2. The molecular formula is C12H26O5Si. The molecule has 0 fully saturated rings. The van der Waals surface area contributed by atoms with E-state index in [1.54, 1.807) is 0 Å². The lowest BCUT2D eigenvalue weighted by Crippen LogP contribution is -2.32. The maximum atomic E-state index is 11.5. The smallest absolute Gasteiger partial charge is 0.326 e. The van der Waals surface area contributed by atoms with Crippen LogP contribution in [0, 0.1) is 0 Å². The maximum Gasteiger partial charge on any atom is 0.834 e. The third-order valence-corrected chi connectivity index (χ3v) is 4.05. The topological polar surface area (TPSA) is 54.0 Å². The first-order valence-electron chi connectivity index (χ1n) is 6.60. The molecule has 0 unspecified atom stereocenters. The molecule has 0 rings (SSSR count). The summed E-state index contributed by atoms with van der Waals surface area (Å²) in [5.41, 5.74) is -0.884. The third kappa shape index (κ3) is 5.93. The van der Waals surface area contributed by atoms with E-state index in [4.69, 9.17) is 18.9 Å². The molecular weight excluding hydrogens is 252 g/mol. The van der Waals surface area contributed by atoms with Crippen LogP contribution in [0.25, 0.3) is 0 Å². The SMILES string of the molecule is CCC(C)(CC)OO[Si](=O)OOC(C)(CC)CC. The first-order valence-corrected chi connectivity index (χ1v) is 7.82. The largest absolute Gasteiger partial charge is 0.834 e. The molecule has 18 heavy (non-hydrogen) atoms. The van der Waals surface area contributed by atoms with E-state index < -0.39 is 20.4 Å². The van der Waals surface area contributed by atoms with Gasteiger partial charge in [-0.15, -0.1) is 0 Å². The Kier molecular flexibility index (Phi) is 7.66. The highest BCUT2D eigenvalue weighted by Gasteiger charge is 2.29. The van der Waals surface area contributed by atoms with Crippen LogP contribution in [0.1, 0.15) is 67.2 Å². The quantitative estimate of drug-likeness (QED) is 0.348. The molecule has 5 nitrogen and oxygen atoms in total. The molecule has 0 aromatic heterocycles. The molecule has 6 heteroatoms. The Bertz CT molecular complexity index is 225. The molecule has 0 aromatic carbocycles. The van der Waals surface area contributed by atoms with Gasteiger partial charge in [-0.2, -0.15) is 9.78 Å². The average Bonchev–Trinajstić information content (AvgIpc) is 2.42. The monoisotopic (exact) mass is 278 g/mol. The lowest BCUT2D eigenvalue weighted by molar-refractivity contribution is -0.353. The standard InChI is InChI=1S/C12H26O5Si/c1-7-11(5,8-2)14-16-18(13)17-15-12(6,9-3)10-4/h7-10H2,1-6H3. The summed E-state index contributed by atoms with van der Waals surface area (Å²) in [5.74, 6) is 0. The van der Waals surface area contributed by atoms with Gasteiger partial charge in [0, 0.05) is 0 Å². The van der Waals surface area contributed by atoms with Crippen molar-refractivity contribution in [2.24, 2.45) is 0 Å². The van der Waals surface area contributed by atoms with Crippen LogP contribution in [-0.4, -0.2) is 20.4 Å². The van der Waals surface area contributed by atoms with E-state index in [0.717, 1.165) is 25.7 Å². The molecule has 0 aromatic rings. The van der Waals surface area contributed by atoms with Crippen molar-refractivity contribution in [3.63, 3.8) is 0 Å². The maximum absolute atomic E-state index is 11.5. The van der Waals surface area contributed by atoms with Crippen molar-refractivity contribution in [1.82, 2.24) is 0 Å². The summed E-state index contributed by atoms with van der Waals surface area (Å²) in [4.78, 5) is 10.3. The second kappa shape index (κ2) is 7.86. The van der Waals surface area contributed by atoms with E-state index in [1.807, 2.05) is 41.5 Å². The molecule has 0 radical (unpaired) electrons. The molecule has 0 amide bonds. The van der Waals surface area contributed by atoms with Gasteiger partial charge in [0.15, 0.2) is 0 Å². The van der Waals surface area contributed by atoms with Gasteiger partial charge >= 0.3 is 9.17 Å². The molecule has 0 heterocycles. The van der Waals surface area contributed by atoms with E-state index in [9.17, 15) is 4.46 Å². The number of hydrogen-bond acceptors (Lipinski definition) is 5. The Balaban J connectivity index is 4.06. The zero-order valence-electron chi connectivity index (χ0n) is 12.4. The lowest BCUT2D eigenvalue weighted by atomic mass is 10.0. The molecule has 0 atom stereocenters. The summed E-state index contributed by atoms with van der Waals surface area (Å²) in [5, 5.41) is 0. The lowest BCUT2D eigenvalue weighted by Gasteiger charge is -2.26. The van der Waals surface area contributed by atoms with Crippen LogP contribution in [0.15, 0.2) is 0 Å². The summed E-state index contributed by atoms with van der Waals surface area (Å²) in [6, 6.07) is 0. The molecule has 0 aliphatic rings. The Morgan fingerprint density at radius 1 is 0.778 bits per heavy atom. The summed E-state index contributed by atoms with van der Waals surface area (Å²) in [6.07, 6.45) is 3.06. The minimum atomic E-state index is -2.79. The molecule has 0 bridgehead atoms. The van der Waals surface area contributed by atoms with Crippen LogP contribution in [0.5, 0.6) is 0 Å². The van der Waals surface area contributed by atoms with Crippen LogP contribution in [0.3, 0.4) is 0 Å². The molecule has 0 N–H and O–H groups in total. The second-order valence-electron chi connectivity index (χ2n) is 4.90. The highest BCUT2D eigenvalue weighted by molar-refractivity contribution is 6.25. The van der Waals surface area contributed by atoms with Gasteiger partial charge in [-0.3, -0.25) is 4.46 Å². The Morgan fingerprint density at radius 3 is 1.28 bits per heavy atom. The first-order chi connectivity index (χ1) is 8.34. The average molecular weight is 278 g/mol. The Morgan fingerprint density at radius 2 is 1.06 bits per heavy atom. The van der Waals surface area contributed by atoms with Crippen LogP contribution in [0.2, 0.25) is 0 Å². The van der Waals surface area contributed by atoms with Crippen molar-refractivity contribution in [2.75, 3.05) is 0 Å². The molecule has 0 saturated carbocycles. The van der Waals surface area contributed by atoms with Gasteiger partial charge in [0.25, 0.3) is 0 Å². The van der Waals surface area contributed by atoms with Crippen LogP contribution >= 0.6 is 0 Å². The number of hydrogen-bond donors (Lipinski definition) is 0. The van der Waals surface area contributed by atoms with Gasteiger partial charge < -0.3 is 9.15 Å².